The number of amides is 1. The maximum absolute atomic E-state index is 10.8. The summed E-state index contributed by atoms with van der Waals surface area (Å²) in [5.74, 6) is 0.156. The Kier molecular flexibility index (Phi) is 1.15. The fourth-order valence-electron chi connectivity index (χ4n) is 1.96. The molecule has 3 heteroatoms. The average Bonchev–Trinajstić information content (AvgIpc) is 2.07. The Morgan fingerprint density at radius 1 is 1.55 bits per heavy atom. The molecule has 1 unspecified atom stereocenters. The van der Waals surface area contributed by atoms with Crippen LogP contribution < -0.4 is 5.32 Å². The van der Waals surface area contributed by atoms with Crippen LogP contribution in [0.5, 0.6) is 0 Å². The van der Waals surface area contributed by atoms with Crippen LogP contribution in [0, 0.1) is 0 Å². The van der Waals surface area contributed by atoms with Crippen molar-refractivity contribution < 1.29 is 9.53 Å². The Labute approximate surface area is 66.1 Å². The highest BCUT2D eigenvalue weighted by molar-refractivity contribution is 5.85. The number of hydrogen-bond donors (Lipinski definition) is 1. The van der Waals surface area contributed by atoms with Crippen molar-refractivity contribution in [3.05, 3.63) is 0 Å². The standard InChI is InChI=1S/C8H13NO2/c1-7(2)8(3-4-11-7)5-6(10)9-8/h3-5H2,1-2H3,(H,9,10). The van der Waals surface area contributed by atoms with E-state index in [-0.39, 0.29) is 17.0 Å². The summed E-state index contributed by atoms with van der Waals surface area (Å²) in [7, 11) is 0. The van der Waals surface area contributed by atoms with Crippen molar-refractivity contribution in [1.29, 1.82) is 0 Å². The molecule has 2 aliphatic heterocycles. The zero-order chi connectivity index (χ0) is 8.11. The van der Waals surface area contributed by atoms with Crippen LogP contribution in [0.2, 0.25) is 0 Å². The molecule has 2 saturated heterocycles. The van der Waals surface area contributed by atoms with Crippen molar-refractivity contribution >= 4 is 5.91 Å². The van der Waals surface area contributed by atoms with Gasteiger partial charge in [0.1, 0.15) is 0 Å². The second-order valence-electron chi connectivity index (χ2n) is 3.92. The van der Waals surface area contributed by atoms with E-state index in [1.165, 1.54) is 0 Å². The summed E-state index contributed by atoms with van der Waals surface area (Å²) in [6.07, 6.45) is 1.60. The minimum atomic E-state index is -0.166. The molecular weight excluding hydrogens is 142 g/mol. The number of carbonyl (C=O) groups is 1. The second-order valence-corrected chi connectivity index (χ2v) is 3.92. The Morgan fingerprint density at radius 3 is 2.55 bits per heavy atom. The van der Waals surface area contributed by atoms with Gasteiger partial charge in [0, 0.05) is 6.61 Å². The maximum atomic E-state index is 10.8. The van der Waals surface area contributed by atoms with Crippen LogP contribution in [0.25, 0.3) is 0 Å². The molecule has 62 valence electrons. The molecule has 2 rings (SSSR count). The fraction of sp³-hybridized carbons (Fsp3) is 0.875. The monoisotopic (exact) mass is 155 g/mol. The normalized spacial score (nSPS) is 40.4. The summed E-state index contributed by atoms with van der Waals surface area (Å²) in [5.41, 5.74) is -0.203. The van der Waals surface area contributed by atoms with Gasteiger partial charge < -0.3 is 10.1 Å². The number of nitrogens with one attached hydrogen (secondary N) is 1. The molecule has 2 fully saturated rings. The maximum Gasteiger partial charge on any atom is 0.223 e. The average molecular weight is 155 g/mol. The lowest BCUT2D eigenvalue weighted by atomic mass is 9.74. The van der Waals surface area contributed by atoms with E-state index in [1.807, 2.05) is 13.8 Å². The summed E-state index contributed by atoms with van der Waals surface area (Å²) >= 11 is 0. The Hall–Kier alpha value is -0.570. The summed E-state index contributed by atoms with van der Waals surface area (Å²) in [6, 6.07) is 0. The van der Waals surface area contributed by atoms with E-state index in [0.29, 0.717) is 6.42 Å². The quantitative estimate of drug-likeness (QED) is 0.516. The largest absolute Gasteiger partial charge is 0.373 e. The van der Waals surface area contributed by atoms with Gasteiger partial charge in [-0.3, -0.25) is 4.79 Å². The lowest BCUT2D eigenvalue weighted by Crippen LogP contribution is -2.68. The van der Waals surface area contributed by atoms with Crippen molar-refractivity contribution in [2.24, 2.45) is 0 Å². The molecule has 1 spiro atoms. The molecule has 0 bridgehead atoms. The number of rotatable bonds is 0. The molecule has 3 nitrogen and oxygen atoms in total. The van der Waals surface area contributed by atoms with Crippen molar-refractivity contribution in [2.45, 2.75) is 37.8 Å². The van der Waals surface area contributed by atoms with Gasteiger partial charge in [0.05, 0.1) is 17.6 Å². The zero-order valence-electron chi connectivity index (χ0n) is 6.94. The van der Waals surface area contributed by atoms with Crippen LogP contribution in [-0.2, 0) is 9.53 Å². The molecule has 2 aliphatic rings. The second kappa shape index (κ2) is 1.78. The van der Waals surface area contributed by atoms with Crippen molar-refractivity contribution in [3.63, 3.8) is 0 Å². The molecule has 0 aliphatic carbocycles. The lowest BCUT2D eigenvalue weighted by Gasteiger charge is -2.47. The minimum absolute atomic E-state index is 0.0376. The summed E-state index contributed by atoms with van der Waals surface area (Å²) in [6.45, 7) is 4.85. The van der Waals surface area contributed by atoms with Crippen molar-refractivity contribution in [2.75, 3.05) is 6.61 Å². The van der Waals surface area contributed by atoms with E-state index in [1.54, 1.807) is 0 Å². The summed E-state index contributed by atoms with van der Waals surface area (Å²) in [4.78, 5) is 10.8. The molecule has 0 aromatic rings. The van der Waals surface area contributed by atoms with Gasteiger partial charge >= 0.3 is 0 Å². The van der Waals surface area contributed by atoms with E-state index in [2.05, 4.69) is 5.32 Å². The predicted molar refractivity (Wildman–Crippen MR) is 40.1 cm³/mol. The van der Waals surface area contributed by atoms with Crippen LogP contribution >= 0.6 is 0 Å². The molecule has 0 radical (unpaired) electrons. The number of β-lactam (4-membered cyclic amide) rings is 1. The third-order valence-corrected chi connectivity index (χ3v) is 2.99. The molecule has 0 saturated carbocycles. The van der Waals surface area contributed by atoms with Gasteiger partial charge in [0.25, 0.3) is 0 Å². The van der Waals surface area contributed by atoms with E-state index in [4.69, 9.17) is 4.74 Å². The van der Waals surface area contributed by atoms with E-state index < -0.39 is 0 Å². The Morgan fingerprint density at radius 2 is 2.18 bits per heavy atom. The molecule has 1 atom stereocenters. The highest BCUT2D eigenvalue weighted by Crippen LogP contribution is 2.42. The molecule has 2 heterocycles. The lowest BCUT2D eigenvalue weighted by molar-refractivity contribution is -0.140. The first-order valence-electron chi connectivity index (χ1n) is 4.01. The first kappa shape index (κ1) is 7.10. The van der Waals surface area contributed by atoms with Crippen LogP contribution in [0.4, 0.5) is 0 Å². The van der Waals surface area contributed by atoms with Crippen LogP contribution in [0.3, 0.4) is 0 Å². The van der Waals surface area contributed by atoms with Gasteiger partial charge in [0.2, 0.25) is 5.91 Å². The number of carbonyl (C=O) groups excluding carboxylic acids is 1. The van der Waals surface area contributed by atoms with E-state index in [0.717, 1.165) is 13.0 Å². The molecule has 0 aromatic carbocycles. The smallest absolute Gasteiger partial charge is 0.223 e. The fourth-order valence-corrected chi connectivity index (χ4v) is 1.96. The van der Waals surface area contributed by atoms with Crippen LogP contribution in [0.1, 0.15) is 26.7 Å². The Balaban J connectivity index is 2.20. The highest BCUT2D eigenvalue weighted by atomic mass is 16.5. The zero-order valence-corrected chi connectivity index (χ0v) is 6.94. The van der Waals surface area contributed by atoms with Gasteiger partial charge in [-0.25, -0.2) is 0 Å². The first-order valence-corrected chi connectivity index (χ1v) is 4.01. The number of ether oxygens (including phenoxy) is 1. The Bertz CT molecular complexity index is 202. The first-order chi connectivity index (χ1) is 5.06. The SMILES string of the molecule is CC1(C)OCCC12CC(=O)N2. The highest BCUT2D eigenvalue weighted by Gasteiger charge is 2.57. The molecule has 1 amide bonds. The van der Waals surface area contributed by atoms with E-state index in [9.17, 15) is 4.79 Å². The predicted octanol–water partition coefficient (Wildman–Crippen LogP) is 0.444. The van der Waals surface area contributed by atoms with E-state index >= 15 is 0 Å². The third kappa shape index (κ3) is 0.745. The topological polar surface area (TPSA) is 38.3 Å². The molecule has 11 heavy (non-hydrogen) atoms. The summed E-state index contributed by atoms with van der Waals surface area (Å²) in [5, 5.41) is 2.94. The summed E-state index contributed by atoms with van der Waals surface area (Å²) < 4.78 is 5.53. The van der Waals surface area contributed by atoms with Gasteiger partial charge in [-0.2, -0.15) is 0 Å². The molecule has 0 aromatic heterocycles. The van der Waals surface area contributed by atoms with Crippen LogP contribution in [-0.4, -0.2) is 23.7 Å². The van der Waals surface area contributed by atoms with Gasteiger partial charge in [-0.15, -0.1) is 0 Å². The van der Waals surface area contributed by atoms with Gasteiger partial charge in [-0.05, 0) is 20.3 Å². The van der Waals surface area contributed by atoms with Gasteiger partial charge in [0.15, 0.2) is 0 Å². The molecule has 1 N–H and O–H groups in total. The van der Waals surface area contributed by atoms with Gasteiger partial charge in [-0.1, -0.05) is 0 Å². The van der Waals surface area contributed by atoms with Crippen molar-refractivity contribution in [3.8, 4) is 0 Å². The number of hydrogen-bond acceptors (Lipinski definition) is 2. The minimum Gasteiger partial charge on any atom is -0.373 e. The van der Waals surface area contributed by atoms with Crippen LogP contribution in [0.15, 0.2) is 0 Å². The molecular formula is C8H13NO2. The van der Waals surface area contributed by atoms with Crippen molar-refractivity contribution in [1.82, 2.24) is 5.32 Å². The third-order valence-electron chi connectivity index (χ3n) is 2.99.